The molecule has 0 saturated carbocycles. The maximum Gasteiger partial charge on any atom is 0.303 e. The first-order chi connectivity index (χ1) is 9.90. The van der Waals surface area contributed by atoms with Crippen molar-refractivity contribution in [1.82, 2.24) is 0 Å². The quantitative estimate of drug-likeness (QED) is 0.723. The van der Waals surface area contributed by atoms with Crippen LogP contribution in [0, 0.1) is 0 Å². The summed E-state index contributed by atoms with van der Waals surface area (Å²) in [5, 5.41) is 0. The Labute approximate surface area is 125 Å². The highest BCUT2D eigenvalue weighted by molar-refractivity contribution is 5.67. The van der Waals surface area contributed by atoms with Crippen LogP contribution < -0.4 is 0 Å². The van der Waals surface area contributed by atoms with Gasteiger partial charge >= 0.3 is 11.9 Å². The Hall–Kier alpha value is -1.88. The summed E-state index contributed by atoms with van der Waals surface area (Å²) in [5.41, 5.74) is 1.02. The molecular weight excluding hydrogens is 272 g/mol. The van der Waals surface area contributed by atoms with Crippen molar-refractivity contribution in [2.24, 2.45) is 0 Å². The fraction of sp³-hybridized carbons (Fsp3) is 0.500. The number of benzene rings is 1. The van der Waals surface area contributed by atoms with Gasteiger partial charge in [-0.1, -0.05) is 30.3 Å². The van der Waals surface area contributed by atoms with E-state index >= 15 is 0 Å². The Morgan fingerprint density at radius 2 is 1.52 bits per heavy atom. The predicted molar refractivity (Wildman–Crippen MR) is 77.5 cm³/mol. The second-order valence-electron chi connectivity index (χ2n) is 4.89. The molecule has 0 N–H and O–H groups in total. The number of hydrogen-bond acceptors (Lipinski definition) is 5. The molecule has 0 aliphatic carbocycles. The van der Waals surface area contributed by atoms with Crippen LogP contribution in [0.1, 0.15) is 33.3 Å². The molecule has 0 fully saturated rings. The maximum absolute atomic E-state index is 11.2. The summed E-state index contributed by atoms with van der Waals surface area (Å²) in [6.07, 6.45) is -1.62. The molecule has 1 aromatic carbocycles. The third-order valence-electron chi connectivity index (χ3n) is 2.93. The Bertz CT molecular complexity index is 457. The molecule has 1 rings (SSSR count). The topological polar surface area (TPSA) is 61.8 Å². The number of rotatable bonds is 7. The fourth-order valence-electron chi connectivity index (χ4n) is 1.99. The second kappa shape index (κ2) is 8.42. The largest absolute Gasteiger partial charge is 0.459 e. The van der Waals surface area contributed by atoms with Crippen LogP contribution in [0.5, 0.6) is 0 Å². The van der Waals surface area contributed by atoms with Crippen molar-refractivity contribution >= 4 is 11.9 Å². The highest BCUT2D eigenvalue weighted by atomic mass is 16.6. The van der Waals surface area contributed by atoms with E-state index in [-0.39, 0.29) is 0 Å². The molecule has 116 valence electrons. The van der Waals surface area contributed by atoms with E-state index in [1.165, 1.54) is 13.8 Å². The van der Waals surface area contributed by atoms with Gasteiger partial charge in [0.15, 0.2) is 6.10 Å². The van der Waals surface area contributed by atoms with Gasteiger partial charge < -0.3 is 14.2 Å². The average molecular weight is 294 g/mol. The van der Waals surface area contributed by atoms with Crippen molar-refractivity contribution in [3.63, 3.8) is 0 Å². The minimum absolute atomic E-state index is 0.395. The summed E-state index contributed by atoms with van der Waals surface area (Å²) in [6, 6.07) is 9.67. The van der Waals surface area contributed by atoms with Gasteiger partial charge in [-0.05, 0) is 19.4 Å². The molecule has 0 saturated heterocycles. The summed E-state index contributed by atoms with van der Waals surface area (Å²) in [4.78, 5) is 22.2. The molecule has 21 heavy (non-hydrogen) atoms. The summed E-state index contributed by atoms with van der Waals surface area (Å²) in [7, 11) is 0. The van der Waals surface area contributed by atoms with Crippen LogP contribution in [0.3, 0.4) is 0 Å². The van der Waals surface area contributed by atoms with Gasteiger partial charge in [-0.25, -0.2) is 0 Å². The van der Waals surface area contributed by atoms with Crippen molar-refractivity contribution in [3.05, 3.63) is 35.9 Å². The van der Waals surface area contributed by atoms with Crippen LogP contribution in [-0.4, -0.2) is 30.3 Å². The minimum atomic E-state index is -0.643. The number of ether oxygens (including phenoxy) is 3. The van der Waals surface area contributed by atoms with Gasteiger partial charge in [0.1, 0.15) is 6.10 Å². The van der Waals surface area contributed by atoms with E-state index in [9.17, 15) is 9.59 Å². The molecule has 0 aliphatic heterocycles. The Balaban J connectivity index is 2.63. The standard InChI is InChI=1S/C16H22O5/c1-11(19-10-15-8-6-5-7-9-15)16(21-14(4)18)12(2)20-13(3)17/h5-9,11-12,16H,10H2,1-4H3. The molecule has 3 unspecified atom stereocenters. The first kappa shape index (κ1) is 17.2. The molecule has 0 bridgehead atoms. The third kappa shape index (κ3) is 6.40. The van der Waals surface area contributed by atoms with Gasteiger partial charge in [0.05, 0.1) is 12.7 Å². The van der Waals surface area contributed by atoms with Gasteiger partial charge in [-0.2, -0.15) is 0 Å². The number of hydrogen-bond donors (Lipinski definition) is 0. The van der Waals surface area contributed by atoms with E-state index in [1.54, 1.807) is 13.8 Å². The van der Waals surface area contributed by atoms with E-state index in [4.69, 9.17) is 14.2 Å². The zero-order chi connectivity index (χ0) is 15.8. The lowest BCUT2D eigenvalue weighted by molar-refractivity contribution is -0.176. The number of carbonyl (C=O) groups is 2. The first-order valence-corrected chi connectivity index (χ1v) is 6.90. The normalized spacial score (nSPS) is 14.9. The van der Waals surface area contributed by atoms with Gasteiger partial charge in [0.25, 0.3) is 0 Å². The second-order valence-corrected chi connectivity index (χ2v) is 4.89. The summed E-state index contributed by atoms with van der Waals surface area (Å²) < 4.78 is 16.0. The first-order valence-electron chi connectivity index (χ1n) is 6.90. The van der Waals surface area contributed by atoms with Crippen LogP contribution in [0.25, 0.3) is 0 Å². The van der Waals surface area contributed by atoms with Gasteiger partial charge in [0, 0.05) is 13.8 Å². The van der Waals surface area contributed by atoms with E-state index in [0.29, 0.717) is 6.61 Å². The van der Waals surface area contributed by atoms with Crippen molar-refractivity contribution in [1.29, 1.82) is 0 Å². The highest BCUT2D eigenvalue weighted by Gasteiger charge is 2.29. The summed E-state index contributed by atoms with van der Waals surface area (Å²) in [5.74, 6) is -0.857. The molecule has 0 spiro atoms. The fourth-order valence-corrected chi connectivity index (χ4v) is 1.99. The van der Waals surface area contributed by atoms with Crippen LogP contribution in [-0.2, 0) is 30.4 Å². The van der Waals surface area contributed by atoms with E-state index in [2.05, 4.69) is 0 Å². The van der Waals surface area contributed by atoms with Crippen LogP contribution in [0.4, 0.5) is 0 Å². The zero-order valence-electron chi connectivity index (χ0n) is 12.9. The number of esters is 2. The van der Waals surface area contributed by atoms with Crippen molar-refractivity contribution in [3.8, 4) is 0 Å². The SMILES string of the molecule is CC(=O)OC(C)C(OC(C)=O)C(C)OCc1ccccc1. The highest BCUT2D eigenvalue weighted by Crippen LogP contribution is 2.14. The van der Waals surface area contributed by atoms with E-state index in [1.807, 2.05) is 30.3 Å². The lowest BCUT2D eigenvalue weighted by atomic mass is 10.1. The van der Waals surface area contributed by atoms with E-state index < -0.39 is 30.3 Å². The lowest BCUT2D eigenvalue weighted by Gasteiger charge is -2.28. The molecule has 3 atom stereocenters. The lowest BCUT2D eigenvalue weighted by Crippen LogP contribution is -2.41. The monoisotopic (exact) mass is 294 g/mol. The molecule has 5 nitrogen and oxygen atoms in total. The Morgan fingerprint density at radius 3 is 2.05 bits per heavy atom. The maximum atomic E-state index is 11.2. The summed E-state index contributed by atoms with van der Waals surface area (Å²) in [6.45, 7) is 6.49. The molecule has 0 amide bonds. The molecule has 1 aromatic rings. The van der Waals surface area contributed by atoms with E-state index in [0.717, 1.165) is 5.56 Å². The van der Waals surface area contributed by atoms with Gasteiger partial charge in [0.2, 0.25) is 0 Å². The smallest absolute Gasteiger partial charge is 0.303 e. The Kier molecular flexibility index (Phi) is 6.88. The Morgan fingerprint density at radius 1 is 0.952 bits per heavy atom. The van der Waals surface area contributed by atoms with Crippen LogP contribution >= 0.6 is 0 Å². The van der Waals surface area contributed by atoms with Crippen molar-refractivity contribution < 1.29 is 23.8 Å². The number of carbonyl (C=O) groups excluding carboxylic acids is 2. The van der Waals surface area contributed by atoms with Crippen molar-refractivity contribution in [2.75, 3.05) is 0 Å². The molecular formula is C16H22O5. The van der Waals surface area contributed by atoms with Gasteiger partial charge in [-0.15, -0.1) is 0 Å². The van der Waals surface area contributed by atoms with Gasteiger partial charge in [-0.3, -0.25) is 9.59 Å². The molecule has 0 aromatic heterocycles. The minimum Gasteiger partial charge on any atom is -0.459 e. The molecule has 0 aliphatic rings. The molecule has 0 radical (unpaired) electrons. The third-order valence-corrected chi connectivity index (χ3v) is 2.93. The van der Waals surface area contributed by atoms with Crippen molar-refractivity contribution in [2.45, 2.75) is 52.6 Å². The summed E-state index contributed by atoms with van der Waals surface area (Å²) >= 11 is 0. The molecule has 0 heterocycles. The predicted octanol–water partition coefficient (Wildman–Crippen LogP) is 2.48. The van der Waals surface area contributed by atoms with Crippen LogP contribution in [0.15, 0.2) is 30.3 Å². The van der Waals surface area contributed by atoms with Crippen LogP contribution in [0.2, 0.25) is 0 Å². The molecule has 5 heteroatoms. The zero-order valence-corrected chi connectivity index (χ0v) is 12.9. The average Bonchev–Trinajstić information content (AvgIpc) is 2.42.